The van der Waals surface area contributed by atoms with E-state index >= 15 is 0 Å². The first kappa shape index (κ1) is 22.4. The van der Waals surface area contributed by atoms with Gasteiger partial charge in [-0.3, -0.25) is 4.79 Å². The van der Waals surface area contributed by atoms with Gasteiger partial charge in [-0.25, -0.2) is 0 Å². The van der Waals surface area contributed by atoms with Crippen molar-refractivity contribution in [3.05, 3.63) is 83.1 Å². The minimum atomic E-state index is 0.0764. The summed E-state index contributed by atoms with van der Waals surface area (Å²) < 4.78 is 0. The lowest BCUT2D eigenvalue weighted by Gasteiger charge is -2.08. The smallest absolute Gasteiger partial charge is 0.196 e. The zero-order valence-corrected chi connectivity index (χ0v) is 17.5. The highest BCUT2D eigenvalue weighted by molar-refractivity contribution is 6.09. The molecule has 0 unspecified atom stereocenters. The van der Waals surface area contributed by atoms with Gasteiger partial charge in [0.15, 0.2) is 5.78 Å². The fourth-order valence-corrected chi connectivity index (χ4v) is 3.33. The molecule has 2 aromatic rings. The van der Waals surface area contributed by atoms with Gasteiger partial charge in [0.1, 0.15) is 0 Å². The zero-order chi connectivity index (χ0) is 20.7. The number of Topliss-reactive ketones (excluding diaryl/α,β-unsaturated/α-hetero) is 1. The molecule has 0 spiro atoms. The first-order valence-electron chi connectivity index (χ1n) is 10.8. The summed E-state index contributed by atoms with van der Waals surface area (Å²) in [7, 11) is 0. The Bertz CT molecular complexity index is 852. The maximum Gasteiger partial charge on any atom is 0.196 e. The molecule has 0 radical (unpaired) electrons. The van der Waals surface area contributed by atoms with E-state index in [1.54, 1.807) is 0 Å². The summed E-state index contributed by atoms with van der Waals surface area (Å²) in [6, 6.07) is 21.9. The third-order valence-corrected chi connectivity index (χ3v) is 4.98. The molecule has 2 aromatic carbocycles. The third kappa shape index (κ3) is 7.94. The highest BCUT2D eigenvalue weighted by Crippen LogP contribution is 2.23. The van der Waals surface area contributed by atoms with Gasteiger partial charge in [-0.1, -0.05) is 86.8 Å². The second-order valence-electron chi connectivity index (χ2n) is 7.32. The lowest BCUT2D eigenvalue weighted by atomic mass is 9.94. The number of carbonyl (C=O) groups excluding carboxylic acids is 1. The van der Waals surface area contributed by atoms with Crippen molar-refractivity contribution in [1.82, 2.24) is 0 Å². The number of carbonyl (C=O) groups is 1. The summed E-state index contributed by atoms with van der Waals surface area (Å²) in [5.41, 5.74) is 7.19. The molecule has 0 N–H and O–H groups in total. The zero-order valence-electron chi connectivity index (χ0n) is 17.5. The highest BCUT2D eigenvalue weighted by atomic mass is 16.1. The Morgan fingerprint density at radius 3 is 2.03 bits per heavy atom. The van der Waals surface area contributed by atoms with Crippen LogP contribution < -0.4 is 0 Å². The Kier molecular flexibility index (Phi) is 10.3. The molecule has 2 heteroatoms. The molecule has 2 nitrogen and oxygen atoms in total. The van der Waals surface area contributed by atoms with Crippen LogP contribution in [0.15, 0.2) is 72.0 Å². The predicted octanol–water partition coefficient (Wildman–Crippen LogP) is 7.53. The van der Waals surface area contributed by atoms with Gasteiger partial charge in [-0.05, 0) is 37.7 Å². The minimum absolute atomic E-state index is 0.0764. The number of hydrogen-bond acceptors (Lipinski definition) is 2. The van der Waals surface area contributed by atoms with Crippen molar-refractivity contribution in [2.75, 3.05) is 0 Å². The van der Waals surface area contributed by atoms with Gasteiger partial charge in [0.05, 0.1) is 6.07 Å². The van der Waals surface area contributed by atoms with E-state index in [9.17, 15) is 4.79 Å². The van der Waals surface area contributed by atoms with Crippen LogP contribution in [0.4, 0.5) is 0 Å². The Morgan fingerprint density at radius 2 is 1.41 bits per heavy atom. The van der Waals surface area contributed by atoms with Gasteiger partial charge in [-0.2, -0.15) is 5.26 Å². The SMILES string of the molecule is CCCCCCC(=C=C(CCCCC#N)c1ccccc1)C(=O)c1ccccc1. The Morgan fingerprint density at radius 1 is 0.793 bits per heavy atom. The van der Waals surface area contributed by atoms with Crippen molar-refractivity contribution in [2.45, 2.75) is 64.7 Å². The van der Waals surface area contributed by atoms with E-state index in [1.807, 2.05) is 48.5 Å². The molecule has 0 aliphatic carbocycles. The Balaban J connectivity index is 2.39. The van der Waals surface area contributed by atoms with Gasteiger partial charge in [-0.15, -0.1) is 5.73 Å². The first-order valence-corrected chi connectivity index (χ1v) is 10.8. The predicted molar refractivity (Wildman–Crippen MR) is 120 cm³/mol. The summed E-state index contributed by atoms with van der Waals surface area (Å²) in [5.74, 6) is 0.0764. The molecule has 0 aliphatic rings. The third-order valence-electron chi connectivity index (χ3n) is 4.98. The second-order valence-corrected chi connectivity index (χ2v) is 7.32. The number of allylic oxidation sites excluding steroid dienone is 1. The number of benzene rings is 2. The average molecular weight is 386 g/mol. The number of nitriles is 1. The lowest BCUT2D eigenvalue weighted by molar-refractivity contribution is 0.103. The van der Waals surface area contributed by atoms with E-state index in [0.717, 1.165) is 60.8 Å². The van der Waals surface area contributed by atoms with Crippen LogP contribution in [0.5, 0.6) is 0 Å². The van der Waals surface area contributed by atoms with E-state index in [4.69, 9.17) is 5.26 Å². The highest BCUT2D eigenvalue weighted by Gasteiger charge is 2.13. The molecule has 0 aliphatic heterocycles. The lowest BCUT2D eigenvalue weighted by Crippen LogP contribution is -2.03. The molecule has 2 rings (SSSR count). The van der Waals surface area contributed by atoms with Crippen molar-refractivity contribution in [3.63, 3.8) is 0 Å². The Hall–Kier alpha value is -2.88. The number of hydrogen-bond donors (Lipinski definition) is 0. The minimum Gasteiger partial charge on any atom is -0.288 e. The molecule has 0 amide bonds. The fraction of sp³-hybridized carbons (Fsp3) is 0.370. The average Bonchev–Trinajstić information content (AvgIpc) is 2.78. The van der Waals surface area contributed by atoms with Gasteiger partial charge in [0.25, 0.3) is 0 Å². The second kappa shape index (κ2) is 13.3. The van der Waals surface area contributed by atoms with Crippen LogP contribution in [0, 0.1) is 11.3 Å². The van der Waals surface area contributed by atoms with Crippen molar-refractivity contribution in [3.8, 4) is 6.07 Å². The van der Waals surface area contributed by atoms with Crippen LogP contribution in [-0.2, 0) is 0 Å². The molecule has 0 aromatic heterocycles. The number of unbranched alkanes of at least 4 members (excludes halogenated alkanes) is 5. The molecular formula is C27H31NO. The van der Waals surface area contributed by atoms with Crippen molar-refractivity contribution in [1.29, 1.82) is 5.26 Å². The van der Waals surface area contributed by atoms with Gasteiger partial charge in [0.2, 0.25) is 0 Å². The van der Waals surface area contributed by atoms with Gasteiger partial charge in [0, 0.05) is 23.1 Å². The van der Waals surface area contributed by atoms with Crippen LogP contribution in [0.2, 0.25) is 0 Å². The quantitative estimate of drug-likeness (QED) is 0.164. The van der Waals surface area contributed by atoms with Crippen molar-refractivity contribution in [2.24, 2.45) is 0 Å². The Labute approximate surface area is 175 Å². The molecule has 0 saturated heterocycles. The van der Waals surface area contributed by atoms with E-state index in [-0.39, 0.29) is 5.78 Å². The van der Waals surface area contributed by atoms with Crippen molar-refractivity contribution >= 4 is 11.4 Å². The molecular weight excluding hydrogens is 354 g/mol. The summed E-state index contributed by atoms with van der Waals surface area (Å²) >= 11 is 0. The van der Waals surface area contributed by atoms with Crippen LogP contribution >= 0.6 is 0 Å². The summed E-state index contributed by atoms with van der Waals surface area (Å²) in [5, 5.41) is 8.81. The molecule has 29 heavy (non-hydrogen) atoms. The van der Waals surface area contributed by atoms with Gasteiger partial charge >= 0.3 is 0 Å². The molecule has 0 heterocycles. The molecule has 0 atom stereocenters. The maximum atomic E-state index is 13.2. The number of ketones is 1. The van der Waals surface area contributed by atoms with E-state index in [1.165, 1.54) is 12.8 Å². The summed E-state index contributed by atoms with van der Waals surface area (Å²) in [6.45, 7) is 2.19. The topological polar surface area (TPSA) is 40.9 Å². The van der Waals surface area contributed by atoms with Gasteiger partial charge < -0.3 is 0 Å². The maximum absolute atomic E-state index is 13.2. The number of nitrogens with zero attached hydrogens (tertiary/aromatic N) is 1. The van der Waals surface area contributed by atoms with E-state index in [0.29, 0.717) is 6.42 Å². The number of rotatable bonds is 12. The van der Waals surface area contributed by atoms with Crippen molar-refractivity contribution < 1.29 is 4.79 Å². The molecule has 0 saturated carbocycles. The standard InChI is InChI=1S/C27H31NO/c1-2-3-4-8-20-26(27(29)24-17-11-6-12-18-24)22-25(19-13-7-14-21-28)23-15-9-5-10-16-23/h5-6,9-12,15-18H,2-4,7-8,13-14,19-20H2,1H3. The largest absolute Gasteiger partial charge is 0.288 e. The first-order chi connectivity index (χ1) is 14.3. The summed E-state index contributed by atoms with van der Waals surface area (Å²) in [4.78, 5) is 13.2. The van der Waals surface area contributed by atoms with Crippen LogP contribution in [0.1, 0.15) is 80.6 Å². The molecule has 0 fully saturated rings. The fourth-order valence-electron chi connectivity index (χ4n) is 3.33. The van der Waals surface area contributed by atoms with Crippen LogP contribution in [0.25, 0.3) is 5.57 Å². The molecule has 0 bridgehead atoms. The molecule has 150 valence electrons. The van der Waals surface area contributed by atoms with Crippen LogP contribution in [0.3, 0.4) is 0 Å². The van der Waals surface area contributed by atoms with E-state index in [2.05, 4.69) is 30.9 Å². The normalized spacial score (nSPS) is 10.1. The summed E-state index contributed by atoms with van der Waals surface area (Å²) in [6.07, 6.45) is 8.44. The van der Waals surface area contributed by atoms with E-state index < -0.39 is 0 Å². The monoisotopic (exact) mass is 385 g/mol. The van der Waals surface area contributed by atoms with Crippen LogP contribution in [-0.4, -0.2) is 5.78 Å².